The molecule has 0 amide bonds. The lowest BCUT2D eigenvalue weighted by Crippen LogP contribution is -2.29. The van der Waals surface area contributed by atoms with Gasteiger partial charge in [-0.1, -0.05) is 57.9 Å². The van der Waals surface area contributed by atoms with Crippen LogP contribution in [0.2, 0.25) is 5.02 Å². The summed E-state index contributed by atoms with van der Waals surface area (Å²) in [6.07, 6.45) is 5.81. The third-order valence-electron chi connectivity index (χ3n) is 4.94. The van der Waals surface area contributed by atoms with Gasteiger partial charge >= 0.3 is 0 Å². The van der Waals surface area contributed by atoms with Crippen molar-refractivity contribution in [3.8, 4) is 0 Å². The first-order chi connectivity index (χ1) is 10.6. The van der Waals surface area contributed by atoms with E-state index in [1.807, 2.05) is 6.07 Å². The lowest BCUT2D eigenvalue weighted by atomic mass is 9.76. The van der Waals surface area contributed by atoms with Gasteiger partial charge in [0.25, 0.3) is 0 Å². The number of hydrogen-bond donors (Lipinski definition) is 1. The van der Waals surface area contributed by atoms with Crippen molar-refractivity contribution in [1.29, 1.82) is 0 Å². The van der Waals surface area contributed by atoms with Gasteiger partial charge in [0, 0.05) is 21.1 Å². The van der Waals surface area contributed by atoms with Crippen LogP contribution in [0.3, 0.4) is 0 Å². The minimum Gasteiger partial charge on any atom is -0.377 e. The lowest BCUT2D eigenvalue weighted by molar-refractivity contribution is 0.425. The molecule has 1 heterocycles. The zero-order valence-corrected chi connectivity index (χ0v) is 14.7. The van der Waals surface area contributed by atoms with Crippen molar-refractivity contribution in [2.24, 2.45) is 5.92 Å². The zero-order chi connectivity index (χ0) is 15.3. The second-order valence-corrected chi connectivity index (χ2v) is 7.49. The number of hydrogen-bond acceptors (Lipinski definition) is 1. The second kappa shape index (κ2) is 5.43. The number of rotatable bonds is 1. The Bertz CT molecular complexity index is 768. The molecule has 4 rings (SSSR count). The topological polar surface area (TPSA) is 12.0 Å². The molecule has 112 valence electrons. The first-order valence-corrected chi connectivity index (χ1v) is 8.80. The van der Waals surface area contributed by atoms with Gasteiger partial charge in [-0.3, -0.25) is 0 Å². The van der Waals surface area contributed by atoms with Crippen molar-refractivity contribution in [2.75, 3.05) is 5.32 Å². The molecule has 0 aromatic heterocycles. The molecule has 1 N–H and O–H groups in total. The SMILES string of the molecule is Cc1c(Cl)ccc2c1N[C@H](c1cccc(Br)c1)[C@@H]1CC=C[C@@H]21. The second-order valence-electron chi connectivity index (χ2n) is 6.17. The summed E-state index contributed by atoms with van der Waals surface area (Å²) < 4.78 is 1.13. The highest BCUT2D eigenvalue weighted by molar-refractivity contribution is 9.10. The van der Waals surface area contributed by atoms with Gasteiger partial charge in [-0.05, 0) is 54.2 Å². The number of anilines is 1. The minimum atomic E-state index is 0.321. The van der Waals surface area contributed by atoms with Gasteiger partial charge in [0.2, 0.25) is 0 Å². The summed E-state index contributed by atoms with van der Waals surface area (Å²) in [4.78, 5) is 0. The van der Waals surface area contributed by atoms with Gasteiger partial charge in [0.15, 0.2) is 0 Å². The molecule has 22 heavy (non-hydrogen) atoms. The van der Waals surface area contributed by atoms with Crippen molar-refractivity contribution < 1.29 is 0 Å². The lowest BCUT2D eigenvalue weighted by Gasteiger charge is -2.38. The molecule has 0 saturated heterocycles. The molecule has 3 atom stereocenters. The van der Waals surface area contributed by atoms with E-state index in [2.05, 4.69) is 70.7 Å². The molecule has 2 aliphatic rings. The highest BCUT2D eigenvalue weighted by Gasteiger charge is 2.38. The summed E-state index contributed by atoms with van der Waals surface area (Å²) in [5.74, 6) is 1.05. The molecule has 1 aliphatic heterocycles. The van der Waals surface area contributed by atoms with Gasteiger partial charge in [-0.25, -0.2) is 0 Å². The fourth-order valence-corrected chi connectivity index (χ4v) is 4.39. The van der Waals surface area contributed by atoms with Crippen LogP contribution in [-0.4, -0.2) is 0 Å². The number of nitrogens with one attached hydrogen (secondary N) is 1. The molecule has 0 spiro atoms. The Morgan fingerprint density at radius 3 is 2.91 bits per heavy atom. The zero-order valence-electron chi connectivity index (χ0n) is 12.3. The van der Waals surface area contributed by atoms with Crippen molar-refractivity contribution in [3.63, 3.8) is 0 Å². The Balaban J connectivity index is 1.84. The molecule has 0 bridgehead atoms. The summed E-state index contributed by atoms with van der Waals surface area (Å²) in [5.41, 5.74) is 5.08. The van der Waals surface area contributed by atoms with Crippen molar-refractivity contribution >= 4 is 33.2 Å². The van der Waals surface area contributed by atoms with E-state index in [0.717, 1.165) is 21.5 Å². The normalized spacial score (nSPS) is 25.5. The average molecular weight is 375 g/mol. The van der Waals surface area contributed by atoms with Crippen LogP contribution < -0.4 is 5.32 Å². The van der Waals surface area contributed by atoms with Gasteiger partial charge in [0.1, 0.15) is 0 Å². The fraction of sp³-hybridized carbons (Fsp3) is 0.263. The Labute approximate surface area is 144 Å². The largest absolute Gasteiger partial charge is 0.377 e. The summed E-state index contributed by atoms with van der Waals surface area (Å²) in [6.45, 7) is 2.10. The predicted octanol–water partition coefficient (Wildman–Crippen LogP) is 6.24. The van der Waals surface area contributed by atoms with Crippen molar-refractivity contribution in [3.05, 3.63) is 74.7 Å². The van der Waals surface area contributed by atoms with Crippen LogP contribution in [0.25, 0.3) is 0 Å². The van der Waals surface area contributed by atoms with Crippen LogP contribution in [0.1, 0.15) is 35.1 Å². The molecule has 0 radical (unpaired) electrons. The van der Waals surface area contributed by atoms with Crippen LogP contribution >= 0.6 is 27.5 Å². The number of allylic oxidation sites excluding steroid dienone is 2. The Morgan fingerprint density at radius 2 is 2.09 bits per heavy atom. The Kier molecular flexibility index (Phi) is 3.54. The predicted molar refractivity (Wildman–Crippen MR) is 96.7 cm³/mol. The third-order valence-corrected chi connectivity index (χ3v) is 5.84. The summed E-state index contributed by atoms with van der Waals surface area (Å²) >= 11 is 9.94. The molecule has 1 aliphatic carbocycles. The molecule has 0 unspecified atom stereocenters. The van der Waals surface area contributed by atoms with Gasteiger partial charge < -0.3 is 5.32 Å². The van der Waals surface area contributed by atoms with Crippen molar-refractivity contribution in [2.45, 2.75) is 25.3 Å². The molecule has 2 aromatic rings. The third kappa shape index (κ3) is 2.21. The molecular formula is C19H17BrClN. The van der Waals surface area contributed by atoms with Crippen LogP contribution in [-0.2, 0) is 0 Å². The maximum absolute atomic E-state index is 6.34. The van der Waals surface area contributed by atoms with E-state index in [0.29, 0.717) is 17.9 Å². The smallest absolute Gasteiger partial charge is 0.0554 e. The van der Waals surface area contributed by atoms with Crippen LogP contribution in [0, 0.1) is 12.8 Å². The van der Waals surface area contributed by atoms with Gasteiger partial charge in [-0.2, -0.15) is 0 Å². The van der Waals surface area contributed by atoms with Crippen LogP contribution in [0.15, 0.2) is 53.0 Å². The maximum atomic E-state index is 6.34. The molecule has 3 heteroatoms. The number of fused-ring (bicyclic) bond motifs is 3. The van der Waals surface area contributed by atoms with Crippen molar-refractivity contribution in [1.82, 2.24) is 0 Å². The van der Waals surface area contributed by atoms with E-state index in [-0.39, 0.29) is 0 Å². The Morgan fingerprint density at radius 1 is 1.23 bits per heavy atom. The van der Waals surface area contributed by atoms with E-state index in [9.17, 15) is 0 Å². The van der Waals surface area contributed by atoms with Crippen LogP contribution in [0.5, 0.6) is 0 Å². The Hall–Kier alpha value is -1.25. The van der Waals surface area contributed by atoms with E-state index >= 15 is 0 Å². The standard InChI is InChI=1S/C19H17BrClN/c1-11-17(21)9-8-16-14-6-3-7-15(14)19(22-18(11)16)12-4-2-5-13(20)10-12/h2-6,8-10,14-15,19,22H,7H2,1H3/t14-,15-,19-/m1/s1. The quantitative estimate of drug-likeness (QED) is 0.583. The highest BCUT2D eigenvalue weighted by Crippen LogP contribution is 2.51. The molecular weight excluding hydrogens is 358 g/mol. The summed E-state index contributed by atoms with van der Waals surface area (Å²) in [7, 11) is 0. The van der Waals surface area contributed by atoms with E-state index < -0.39 is 0 Å². The first-order valence-electron chi connectivity index (χ1n) is 7.63. The minimum absolute atomic E-state index is 0.321. The molecule has 0 fully saturated rings. The first kappa shape index (κ1) is 14.3. The molecule has 2 aromatic carbocycles. The van der Waals surface area contributed by atoms with Gasteiger partial charge in [-0.15, -0.1) is 0 Å². The van der Waals surface area contributed by atoms with E-state index in [1.165, 1.54) is 16.8 Å². The number of benzene rings is 2. The fourth-order valence-electron chi connectivity index (χ4n) is 3.82. The monoisotopic (exact) mass is 373 g/mol. The molecule has 0 saturated carbocycles. The maximum Gasteiger partial charge on any atom is 0.0554 e. The number of halogens is 2. The molecule has 1 nitrogen and oxygen atoms in total. The highest BCUT2D eigenvalue weighted by atomic mass is 79.9. The summed E-state index contributed by atoms with van der Waals surface area (Å²) in [6, 6.07) is 13.1. The van der Waals surface area contributed by atoms with E-state index in [4.69, 9.17) is 11.6 Å². The summed E-state index contributed by atoms with van der Waals surface area (Å²) in [5, 5.41) is 4.61. The van der Waals surface area contributed by atoms with Gasteiger partial charge in [0.05, 0.1) is 6.04 Å². The average Bonchev–Trinajstić information content (AvgIpc) is 3.00. The van der Waals surface area contributed by atoms with E-state index in [1.54, 1.807) is 0 Å². The van der Waals surface area contributed by atoms with Crippen LogP contribution in [0.4, 0.5) is 5.69 Å².